The number of likely N-dealkylation sites (tertiary alicyclic amines) is 1. The third-order valence-corrected chi connectivity index (χ3v) is 7.71. The molecule has 3 aromatic heterocycles. The maximum Gasteiger partial charge on any atom is 0.281 e. The van der Waals surface area contributed by atoms with Crippen molar-refractivity contribution >= 4 is 35.8 Å². The van der Waals surface area contributed by atoms with Gasteiger partial charge in [-0.25, -0.2) is 9.37 Å². The molecule has 0 aliphatic carbocycles. The molecule has 0 saturated carbocycles. The highest BCUT2D eigenvalue weighted by Gasteiger charge is 2.33. The summed E-state index contributed by atoms with van der Waals surface area (Å²) < 4.78 is 22.7. The van der Waals surface area contributed by atoms with E-state index in [9.17, 15) is 14.3 Å². The Balaban J connectivity index is 0.00000202. The summed E-state index contributed by atoms with van der Waals surface area (Å²) in [6.07, 6.45) is 3.82. The zero-order valence-corrected chi connectivity index (χ0v) is 24.6. The Morgan fingerprint density at radius 1 is 1.05 bits per heavy atom. The first kappa shape index (κ1) is 31.3. The van der Waals surface area contributed by atoms with Crippen LogP contribution in [-0.4, -0.2) is 53.2 Å². The molecule has 1 aliphatic rings. The van der Waals surface area contributed by atoms with Gasteiger partial charge in [0.15, 0.2) is 5.52 Å². The summed E-state index contributed by atoms with van der Waals surface area (Å²) in [6, 6.07) is 14.5. The summed E-state index contributed by atoms with van der Waals surface area (Å²) in [5.74, 6) is -0.308. The van der Waals surface area contributed by atoms with Crippen LogP contribution in [0.1, 0.15) is 24.0 Å². The van der Waals surface area contributed by atoms with E-state index in [0.717, 1.165) is 16.8 Å². The van der Waals surface area contributed by atoms with Gasteiger partial charge in [-0.2, -0.15) is 5.10 Å². The molecular formula is C29H32Cl2FN7O3. The van der Waals surface area contributed by atoms with Gasteiger partial charge in [0.05, 0.1) is 24.2 Å². The molecule has 13 heteroatoms. The fraction of sp³-hybridized carbons (Fsp3) is 0.310. The maximum atomic E-state index is 14.8. The molecule has 0 radical (unpaired) electrons. The molecule has 42 heavy (non-hydrogen) atoms. The van der Waals surface area contributed by atoms with Crippen LogP contribution in [0.25, 0.3) is 33.5 Å². The minimum Gasteiger partial charge on any atom is -0.388 e. The van der Waals surface area contributed by atoms with E-state index in [0.29, 0.717) is 61.4 Å². The van der Waals surface area contributed by atoms with E-state index < -0.39 is 5.60 Å². The van der Waals surface area contributed by atoms with Crippen molar-refractivity contribution in [3.63, 3.8) is 0 Å². The minimum absolute atomic E-state index is 0. The van der Waals surface area contributed by atoms with Crippen LogP contribution in [0.2, 0.25) is 0 Å². The van der Waals surface area contributed by atoms with Gasteiger partial charge in [-0.05, 0) is 24.5 Å². The van der Waals surface area contributed by atoms with Crippen LogP contribution in [0.5, 0.6) is 0 Å². The number of aryl methyl sites for hydroxylation is 1. The van der Waals surface area contributed by atoms with Gasteiger partial charge in [0.2, 0.25) is 0 Å². The number of benzene rings is 2. The minimum atomic E-state index is -1.08. The molecule has 1 saturated heterocycles. The molecule has 0 spiro atoms. The van der Waals surface area contributed by atoms with Crippen molar-refractivity contribution in [1.29, 1.82) is 0 Å². The van der Waals surface area contributed by atoms with Crippen LogP contribution in [0.15, 0.2) is 70.4 Å². The highest BCUT2D eigenvalue weighted by atomic mass is 35.5. The molecule has 0 bridgehead atoms. The fourth-order valence-electron chi connectivity index (χ4n) is 5.37. The van der Waals surface area contributed by atoms with Gasteiger partial charge in [-0.15, -0.1) is 24.8 Å². The van der Waals surface area contributed by atoms with Crippen LogP contribution in [-0.2, 0) is 26.7 Å². The first-order chi connectivity index (χ1) is 19.3. The highest BCUT2D eigenvalue weighted by molar-refractivity contribution is 5.89. The summed E-state index contributed by atoms with van der Waals surface area (Å²) in [5.41, 5.74) is 9.57. The Bertz CT molecular complexity index is 1710. The van der Waals surface area contributed by atoms with Crippen molar-refractivity contribution in [1.82, 2.24) is 29.4 Å². The zero-order chi connectivity index (χ0) is 27.9. The molecule has 5 aromatic rings. The van der Waals surface area contributed by atoms with Gasteiger partial charge in [0.1, 0.15) is 23.3 Å². The Morgan fingerprint density at radius 3 is 2.40 bits per heavy atom. The number of nitrogens with zero attached hydrogens (tertiary/aromatic N) is 6. The molecule has 1 aliphatic heterocycles. The molecule has 2 aromatic carbocycles. The first-order valence-corrected chi connectivity index (χ1v) is 13.2. The second-order valence-electron chi connectivity index (χ2n) is 10.4. The summed E-state index contributed by atoms with van der Waals surface area (Å²) in [7, 11) is 1.78. The number of hydrogen-bond acceptors (Lipinski definition) is 8. The Kier molecular flexibility index (Phi) is 9.49. The van der Waals surface area contributed by atoms with Crippen LogP contribution >= 0.6 is 24.8 Å². The molecule has 0 atom stereocenters. The molecule has 10 nitrogen and oxygen atoms in total. The standard InChI is InChI=1S/C29H30FN7O3.2ClH/c1-35-27(20-4-2-19(15-31)3-5-20)25-26(33-35)28(38)37(18-32-25)17-29(39)9-11-36(12-10-29)16-22-7-6-21(14-23(22)30)24-8-13-40-34-24;;/h2-8,13-14,18,39H,9-12,15-17,31H2,1H3;2*1H. The van der Waals surface area contributed by atoms with E-state index >= 15 is 0 Å². The first-order valence-electron chi connectivity index (χ1n) is 13.2. The second kappa shape index (κ2) is 12.7. The van der Waals surface area contributed by atoms with Crippen LogP contribution < -0.4 is 11.3 Å². The molecule has 0 amide bonds. The Morgan fingerprint density at radius 2 is 1.76 bits per heavy atom. The Hall–Kier alpha value is -3.61. The molecule has 4 heterocycles. The summed E-state index contributed by atoms with van der Waals surface area (Å²) in [5, 5.41) is 19.7. The van der Waals surface area contributed by atoms with Crippen LogP contribution in [0.4, 0.5) is 4.39 Å². The van der Waals surface area contributed by atoms with Crippen molar-refractivity contribution in [2.24, 2.45) is 12.8 Å². The van der Waals surface area contributed by atoms with E-state index in [4.69, 9.17) is 10.3 Å². The number of fused-ring (bicyclic) bond motifs is 1. The van der Waals surface area contributed by atoms with Gasteiger partial charge in [0.25, 0.3) is 5.56 Å². The lowest BCUT2D eigenvalue weighted by atomic mass is 9.91. The highest BCUT2D eigenvalue weighted by Crippen LogP contribution is 2.28. The number of halogens is 3. The predicted octanol–water partition coefficient (Wildman–Crippen LogP) is 3.92. The van der Waals surface area contributed by atoms with E-state index in [1.54, 1.807) is 23.9 Å². The lowest BCUT2D eigenvalue weighted by Gasteiger charge is -2.38. The normalized spacial score (nSPS) is 14.9. The van der Waals surface area contributed by atoms with Crippen molar-refractivity contribution in [3.05, 3.63) is 88.4 Å². The quantitative estimate of drug-likeness (QED) is 0.282. The van der Waals surface area contributed by atoms with Crippen molar-refractivity contribution in [2.75, 3.05) is 13.1 Å². The number of hydrogen-bond donors (Lipinski definition) is 2. The maximum absolute atomic E-state index is 14.8. The molecular weight excluding hydrogens is 584 g/mol. The Labute approximate surface area is 253 Å². The zero-order valence-electron chi connectivity index (χ0n) is 22.9. The number of aromatic nitrogens is 5. The SMILES string of the molecule is Cl.Cl.Cn1nc2c(=O)n(CC3(O)CCN(Cc4ccc(-c5ccon5)cc4F)CC3)cnc2c1-c1ccc(CN)cc1. The van der Waals surface area contributed by atoms with Crippen LogP contribution in [0.3, 0.4) is 0 Å². The molecule has 222 valence electrons. The van der Waals surface area contributed by atoms with E-state index in [2.05, 4.69) is 20.1 Å². The third kappa shape index (κ3) is 6.11. The summed E-state index contributed by atoms with van der Waals surface area (Å²) in [4.78, 5) is 20.0. The second-order valence-corrected chi connectivity index (χ2v) is 10.4. The molecule has 6 rings (SSSR count). The van der Waals surface area contributed by atoms with Crippen molar-refractivity contribution in [2.45, 2.75) is 38.1 Å². The largest absolute Gasteiger partial charge is 0.388 e. The monoisotopic (exact) mass is 615 g/mol. The van der Waals surface area contributed by atoms with E-state index in [-0.39, 0.29) is 48.3 Å². The molecule has 3 N–H and O–H groups in total. The molecule has 0 unspecified atom stereocenters. The average molecular weight is 617 g/mol. The third-order valence-electron chi connectivity index (χ3n) is 7.71. The summed E-state index contributed by atoms with van der Waals surface area (Å²) in [6.45, 7) is 2.12. The van der Waals surface area contributed by atoms with Gasteiger partial charge >= 0.3 is 0 Å². The lowest BCUT2D eigenvalue weighted by molar-refractivity contribution is -0.0366. The smallest absolute Gasteiger partial charge is 0.281 e. The molecule has 1 fully saturated rings. The fourth-order valence-corrected chi connectivity index (χ4v) is 5.37. The number of nitrogens with two attached hydrogens (primary N) is 1. The average Bonchev–Trinajstić information content (AvgIpc) is 3.61. The summed E-state index contributed by atoms with van der Waals surface area (Å²) >= 11 is 0. The number of piperidine rings is 1. The lowest BCUT2D eigenvalue weighted by Crippen LogP contribution is -2.47. The van der Waals surface area contributed by atoms with Gasteiger partial charge in [0, 0.05) is 56.0 Å². The van der Waals surface area contributed by atoms with E-state index in [1.807, 2.05) is 30.3 Å². The number of aliphatic hydroxyl groups is 1. The van der Waals surface area contributed by atoms with Crippen molar-refractivity contribution < 1.29 is 14.0 Å². The van der Waals surface area contributed by atoms with Gasteiger partial charge in [-0.1, -0.05) is 41.6 Å². The number of rotatable bonds is 7. The van der Waals surface area contributed by atoms with E-state index in [1.165, 1.54) is 23.2 Å². The van der Waals surface area contributed by atoms with Gasteiger partial charge < -0.3 is 15.4 Å². The topological polar surface area (TPSA) is 128 Å². The van der Waals surface area contributed by atoms with Crippen molar-refractivity contribution in [3.8, 4) is 22.5 Å². The van der Waals surface area contributed by atoms with Crippen LogP contribution in [0, 0.1) is 5.82 Å². The predicted molar refractivity (Wildman–Crippen MR) is 162 cm³/mol. The van der Waals surface area contributed by atoms with Gasteiger partial charge in [-0.3, -0.25) is 18.9 Å².